The number of nitrogens with one attached hydrogen (secondary N) is 1. The fraction of sp³-hybridized carbons (Fsp3) is 0.692. The zero-order valence-electron chi connectivity index (χ0n) is 12.1. The number of unbranched alkanes of at least 4 members (excludes halogenated alkanes) is 3. The molecule has 20 heavy (non-hydrogen) atoms. The fourth-order valence-corrected chi connectivity index (χ4v) is 1.70. The maximum Gasteiger partial charge on any atom is 0.372 e. The molecule has 0 aliphatic rings. The maximum atomic E-state index is 11.1. The highest BCUT2D eigenvalue weighted by Crippen LogP contribution is 2.30. The molecule has 1 rings (SSSR count). The van der Waals surface area contributed by atoms with Crippen LogP contribution in [0.2, 0.25) is 0 Å². The number of hydrogen-bond donors (Lipinski definition) is 1. The van der Waals surface area contributed by atoms with Crippen LogP contribution >= 0.6 is 0 Å². The van der Waals surface area contributed by atoms with E-state index < -0.39 is 4.92 Å². The van der Waals surface area contributed by atoms with Gasteiger partial charge in [-0.3, -0.25) is 10.1 Å². The van der Waals surface area contributed by atoms with Gasteiger partial charge >= 0.3 is 5.69 Å². The minimum atomic E-state index is -0.501. The molecule has 0 aromatic carbocycles. The van der Waals surface area contributed by atoms with Crippen molar-refractivity contribution in [3.63, 3.8) is 0 Å². The number of ether oxygens (including phenoxy) is 1. The van der Waals surface area contributed by atoms with Crippen LogP contribution in [0.1, 0.15) is 46.0 Å². The molecule has 0 spiro atoms. The lowest BCUT2D eigenvalue weighted by molar-refractivity contribution is -0.385. The summed E-state index contributed by atoms with van der Waals surface area (Å²) < 4.78 is 5.43. The fourth-order valence-electron chi connectivity index (χ4n) is 1.70. The van der Waals surface area contributed by atoms with E-state index >= 15 is 0 Å². The smallest absolute Gasteiger partial charge is 0.372 e. The number of aromatic nitrogens is 2. The molecule has 1 aromatic heterocycles. The minimum Gasteiger partial charge on any atom is -0.473 e. The maximum absolute atomic E-state index is 11.1. The molecular weight excluding hydrogens is 260 g/mol. The Kier molecular flexibility index (Phi) is 7.31. The van der Waals surface area contributed by atoms with E-state index in [1.807, 2.05) is 6.92 Å². The van der Waals surface area contributed by atoms with Gasteiger partial charge in [-0.1, -0.05) is 33.1 Å². The molecule has 0 radical (unpaired) electrons. The van der Waals surface area contributed by atoms with Gasteiger partial charge in [-0.15, -0.1) is 0 Å². The molecule has 0 unspecified atom stereocenters. The van der Waals surface area contributed by atoms with Gasteiger partial charge in [0.2, 0.25) is 5.82 Å². The quantitative estimate of drug-likeness (QED) is 0.402. The number of nitro groups is 1. The van der Waals surface area contributed by atoms with Crippen LogP contribution in [0.4, 0.5) is 11.5 Å². The third kappa shape index (κ3) is 4.99. The molecule has 0 fully saturated rings. The molecule has 0 atom stereocenters. The van der Waals surface area contributed by atoms with Crippen molar-refractivity contribution < 1.29 is 9.66 Å². The highest BCUT2D eigenvalue weighted by molar-refractivity contribution is 5.60. The zero-order valence-corrected chi connectivity index (χ0v) is 12.1. The summed E-state index contributed by atoms with van der Waals surface area (Å²) in [6, 6.07) is 0. The Hall–Kier alpha value is -1.92. The summed E-state index contributed by atoms with van der Waals surface area (Å²) in [5, 5.41) is 14.1. The predicted octanol–water partition coefficient (Wildman–Crippen LogP) is 3.17. The Bertz CT molecular complexity index is 426. The van der Waals surface area contributed by atoms with Crippen molar-refractivity contribution in [2.75, 3.05) is 18.5 Å². The van der Waals surface area contributed by atoms with Gasteiger partial charge in [-0.2, -0.15) is 4.98 Å². The Labute approximate surface area is 118 Å². The first kappa shape index (κ1) is 16.1. The van der Waals surface area contributed by atoms with Gasteiger partial charge in [0, 0.05) is 6.54 Å². The number of anilines is 1. The average molecular weight is 282 g/mol. The molecule has 0 amide bonds. The molecule has 0 aliphatic carbocycles. The molecule has 112 valence electrons. The molecule has 0 saturated carbocycles. The van der Waals surface area contributed by atoms with Crippen molar-refractivity contribution in [2.45, 2.75) is 46.0 Å². The standard InChI is InChI=1S/C13H22N4O3/c1-3-5-6-7-9-20-13-11(17(18)19)12(14-8-4-2)15-10-16-13/h10H,3-9H2,1-2H3,(H,14,15,16). The van der Waals surface area contributed by atoms with Gasteiger partial charge in [-0.05, 0) is 12.8 Å². The van der Waals surface area contributed by atoms with E-state index in [0.717, 1.165) is 32.1 Å². The zero-order chi connectivity index (χ0) is 14.8. The first-order valence-electron chi connectivity index (χ1n) is 7.06. The summed E-state index contributed by atoms with van der Waals surface area (Å²) in [5.74, 6) is 0.260. The Balaban J connectivity index is 2.71. The Morgan fingerprint density at radius 1 is 1.25 bits per heavy atom. The van der Waals surface area contributed by atoms with Gasteiger partial charge in [0.25, 0.3) is 5.88 Å². The van der Waals surface area contributed by atoms with Crippen LogP contribution in [0.3, 0.4) is 0 Å². The monoisotopic (exact) mass is 282 g/mol. The number of hydrogen-bond acceptors (Lipinski definition) is 6. The van der Waals surface area contributed by atoms with Crippen molar-refractivity contribution >= 4 is 11.5 Å². The van der Waals surface area contributed by atoms with E-state index in [2.05, 4.69) is 22.2 Å². The van der Waals surface area contributed by atoms with Crippen LogP contribution < -0.4 is 10.1 Å². The van der Waals surface area contributed by atoms with Crippen molar-refractivity contribution in [1.29, 1.82) is 0 Å². The van der Waals surface area contributed by atoms with Crippen LogP contribution in [0, 0.1) is 10.1 Å². The average Bonchev–Trinajstić information content (AvgIpc) is 2.44. The van der Waals surface area contributed by atoms with Gasteiger partial charge in [-0.25, -0.2) is 4.98 Å². The van der Waals surface area contributed by atoms with E-state index in [9.17, 15) is 10.1 Å². The predicted molar refractivity (Wildman–Crippen MR) is 77.1 cm³/mol. The molecule has 0 aliphatic heterocycles. The highest BCUT2D eigenvalue weighted by atomic mass is 16.6. The minimum absolute atomic E-state index is 0.0418. The van der Waals surface area contributed by atoms with Crippen LogP contribution in [0.25, 0.3) is 0 Å². The van der Waals surface area contributed by atoms with E-state index in [4.69, 9.17) is 4.74 Å². The van der Waals surface area contributed by atoms with Gasteiger partial charge in [0.1, 0.15) is 6.33 Å². The highest BCUT2D eigenvalue weighted by Gasteiger charge is 2.23. The van der Waals surface area contributed by atoms with Crippen molar-refractivity contribution in [3.05, 3.63) is 16.4 Å². The lowest BCUT2D eigenvalue weighted by Gasteiger charge is -2.08. The third-order valence-corrected chi connectivity index (χ3v) is 2.75. The first-order chi connectivity index (χ1) is 9.70. The van der Waals surface area contributed by atoms with Crippen molar-refractivity contribution in [3.8, 4) is 5.88 Å². The molecule has 1 heterocycles. The summed E-state index contributed by atoms with van der Waals surface area (Å²) >= 11 is 0. The summed E-state index contributed by atoms with van der Waals surface area (Å²) in [4.78, 5) is 18.4. The Morgan fingerprint density at radius 3 is 2.70 bits per heavy atom. The summed E-state index contributed by atoms with van der Waals surface area (Å²) in [6.07, 6.45) is 6.33. The van der Waals surface area contributed by atoms with Gasteiger partial charge in [0.05, 0.1) is 11.5 Å². The number of nitrogens with zero attached hydrogens (tertiary/aromatic N) is 3. The molecule has 1 N–H and O–H groups in total. The van der Waals surface area contributed by atoms with E-state index in [0.29, 0.717) is 13.2 Å². The topological polar surface area (TPSA) is 90.2 Å². The first-order valence-corrected chi connectivity index (χ1v) is 7.06. The Morgan fingerprint density at radius 2 is 2.05 bits per heavy atom. The van der Waals surface area contributed by atoms with Crippen LogP contribution in [-0.4, -0.2) is 28.0 Å². The molecule has 1 aromatic rings. The second-order valence-electron chi connectivity index (χ2n) is 4.47. The number of rotatable bonds is 10. The molecule has 7 nitrogen and oxygen atoms in total. The van der Waals surface area contributed by atoms with Crippen molar-refractivity contribution in [2.24, 2.45) is 0 Å². The summed E-state index contributed by atoms with van der Waals surface area (Å²) in [5.41, 5.74) is -0.184. The van der Waals surface area contributed by atoms with E-state index in [-0.39, 0.29) is 17.4 Å². The van der Waals surface area contributed by atoms with E-state index in [1.54, 1.807) is 0 Å². The SMILES string of the molecule is CCCCCCOc1ncnc(NCCC)c1[N+](=O)[O-]. The summed E-state index contributed by atoms with van der Waals surface area (Å²) in [7, 11) is 0. The molecule has 0 saturated heterocycles. The third-order valence-electron chi connectivity index (χ3n) is 2.75. The van der Waals surface area contributed by atoms with Crippen LogP contribution in [-0.2, 0) is 0 Å². The lowest BCUT2D eigenvalue weighted by atomic mass is 10.2. The van der Waals surface area contributed by atoms with Crippen LogP contribution in [0.5, 0.6) is 5.88 Å². The lowest BCUT2D eigenvalue weighted by Crippen LogP contribution is -2.09. The van der Waals surface area contributed by atoms with Gasteiger partial charge in [0.15, 0.2) is 0 Å². The van der Waals surface area contributed by atoms with Crippen LogP contribution in [0.15, 0.2) is 6.33 Å². The largest absolute Gasteiger partial charge is 0.473 e. The second kappa shape index (κ2) is 9.06. The summed E-state index contributed by atoms with van der Waals surface area (Å²) in [6.45, 7) is 5.16. The molecule has 0 bridgehead atoms. The normalized spacial score (nSPS) is 10.3. The van der Waals surface area contributed by atoms with E-state index in [1.165, 1.54) is 6.33 Å². The van der Waals surface area contributed by atoms with Gasteiger partial charge < -0.3 is 10.1 Å². The second-order valence-corrected chi connectivity index (χ2v) is 4.47. The molecule has 7 heteroatoms. The van der Waals surface area contributed by atoms with Crippen molar-refractivity contribution in [1.82, 2.24) is 9.97 Å². The molecular formula is C13H22N4O3.